The second-order valence-corrected chi connectivity index (χ2v) is 5.60. The quantitative estimate of drug-likeness (QED) is 0.744. The van der Waals surface area contributed by atoms with Crippen LogP contribution >= 0.6 is 0 Å². The molecule has 2 atom stereocenters. The van der Waals surface area contributed by atoms with Crippen molar-refractivity contribution >= 4 is 0 Å². The topological polar surface area (TPSA) is 36.9 Å². The predicted octanol–water partition coefficient (Wildman–Crippen LogP) is 4.25. The Morgan fingerprint density at radius 2 is 1.21 bits per heavy atom. The molecule has 0 N–H and O–H groups in total. The molecule has 0 radical (unpaired) electrons. The average Bonchev–Trinajstić information content (AvgIpc) is 2.64. The minimum absolute atomic E-state index is 0.0227. The summed E-state index contributed by atoms with van der Waals surface area (Å²) in [5.74, 6) is 3.25. The van der Waals surface area contributed by atoms with Gasteiger partial charge in [0.15, 0.2) is 6.10 Å². The summed E-state index contributed by atoms with van der Waals surface area (Å²) in [6.07, 6.45) is 5.98. The molecular weight excluding hydrogens is 304 g/mol. The number of methoxy groups -OCH3 is 2. The van der Waals surface area contributed by atoms with E-state index in [9.17, 15) is 0 Å². The fourth-order valence-corrected chi connectivity index (χ4v) is 2.66. The molecule has 3 rings (SSSR count). The molecule has 1 aliphatic carbocycles. The van der Waals surface area contributed by atoms with Crippen LogP contribution in [0.2, 0.25) is 0 Å². The van der Waals surface area contributed by atoms with Crippen molar-refractivity contribution in [1.82, 2.24) is 0 Å². The third kappa shape index (κ3) is 4.02. The van der Waals surface area contributed by atoms with E-state index in [2.05, 4.69) is 12.2 Å². The molecule has 0 amide bonds. The van der Waals surface area contributed by atoms with Crippen molar-refractivity contribution in [3.05, 3.63) is 60.7 Å². The summed E-state index contributed by atoms with van der Waals surface area (Å²) in [6, 6.07) is 15.2. The zero-order valence-electron chi connectivity index (χ0n) is 14.0. The fourth-order valence-electron chi connectivity index (χ4n) is 2.66. The summed E-state index contributed by atoms with van der Waals surface area (Å²) in [4.78, 5) is 0. The standard InChI is InChI=1S/C20H22O4/c1-21-15-7-11-17(12-8-15)23-19-5-3-4-6-20(19)24-18-13-9-16(22-2)10-14-18/h3,5,7-14,19-20H,4,6H2,1-2H3/t19-,20-/m1/s1. The van der Waals surface area contributed by atoms with Gasteiger partial charge < -0.3 is 18.9 Å². The van der Waals surface area contributed by atoms with Crippen LogP contribution in [0.25, 0.3) is 0 Å². The first kappa shape index (κ1) is 16.2. The molecule has 2 aromatic rings. The first-order valence-corrected chi connectivity index (χ1v) is 8.06. The molecule has 0 unspecified atom stereocenters. The van der Waals surface area contributed by atoms with E-state index in [0.717, 1.165) is 35.8 Å². The molecule has 0 fully saturated rings. The van der Waals surface area contributed by atoms with Crippen LogP contribution in [-0.4, -0.2) is 26.4 Å². The number of rotatable bonds is 6. The number of hydrogen-bond donors (Lipinski definition) is 0. The van der Waals surface area contributed by atoms with Gasteiger partial charge >= 0.3 is 0 Å². The van der Waals surface area contributed by atoms with Crippen LogP contribution < -0.4 is 18.9 Å². The number of hydrogen-bond acceptors (Lipinski definition) is 4. The largest absolute Gasteiger partial charge is 0.497 e. The van der Waals surface area contributed by atoms with E-state index in [1.165, 1.54) is 0 Å². The van der Waals surface area contributed by atoms with Crippen molar-refractivity contribution in [1.29, 1.82) is 0 Å². The lowest BCUT2D eigenvalue weighted by Crippen LogP contribution is -2.36. The Labute approximate surface area is 142 Å². The molecule has 1 aliphatic rings. The molecule has 0 aromatic heterocycles. The van der Waals surface area contributed by atoms with Crippen molar-refractivity contribution in [2.45, 2.75) is 25.0 Å². The number of allylic oxidation sites excluding steroid dienone is 1. The van der Waals surface area contributed by atoms with Crippen LogP contribution in [0.4, 0.5) is 0 Å². The zero-order chi connectivity index (χ0) is 16.8. The second-order valence-electron chi connectivity index (χ2n) is 5.60. The van der Waals surface area contributed by atoms with Crippen molar-refractivity contribution in [3.8, 4) is 23.0 Å². The molecule has 126 valence electrons. The second kappa shape index (κ2) is 7.77. The van der Waals surface area contributed by atoms with Crippen LogP contribution in [-0.2, 0) is 0 Å². The van der Waals surface area contributed by atoms with Gasteiger partial charge in [0.05, 0.1) is 14.2 Å². The smallest absolute Gasteiger partial charge is 0.154 e. The molecule has 0 saturated heterocycles. The van der Waals surface area contributed by atoms with Crippen LogP contribution in [0.15, 0.2) is 60.7 Å². The highest BCUT2D eigenvalue weighted by molar-refractivity contribution is 5.33. The summed E-state index contributed by atoms with van der Waals surface area (Å²) < 4.78 is 22.6. The van der Waals surface area contributed by atoms with Gasteiger partial charge in [-0.05, 0) is 67.4 Å². The highest BCUT2D eigenvalue weighted by atomic mass is 16.5. The molecule has 24 heavy (non-hydrogen) atoms. The Hall–Kier alpha value is -2.62. The van der Waals surface area contributed by atoms with E-state index in [1.54, 1.807) is 14.2 Å². The number of ether oxygens (including phenoxy) is 4. The summed E-state index contributed by atoms with van der Waals surface area (Å²) in [5, 5.41) is 0. The van der Waals surface area contributed by atoms with E-state index >= 15 is 0 Å². The SMILES string of the molecule is COc1ccc(O[C@@H]2C=CCC[C@H]2Oc2ccc(OC)cc2)cc1. The Balaban J connectivity index is 1.67. The summed E-state index contributed by atoms with van der Waals surface area (Å²) in [6.45, 7) is 0. The Kier molecular flexibility index (Phi) is 5.26. The van der Waals surface area contributed by atoms with E-state index in [4.69, 9.17) is 18.9 Å². The van der Waals surface area contributed by atoms with Crippen LogP contribution in [0, 0.1) is 0 Å². The average molecular weight is 326 g/mol. The minimum Gasteiger partial charge on any atom is -0.497 e. The zero-order valence-corrected chi connectivity index (χ0v) is 14.0. The van der Waals surface area contributed by atoms with Crippen molar-refractivity contribution in [3.63, 3.8) is 0 Å². The Morgan fingerprint density at radius 3 is 1.75 bits per heavy atom. The maximum Gasteiger partial charge on any atom is 0.154 e. The molecule has 2 aromatic carbocycles. The van der Waals surface area contributed by atoms with Gasteiger partial charge in [0.2, 0.25) is 0 Å². The van der Waals surface area contributed by atoms with Crippen molar-refractivity contribution in [2.75, 3.05) is 14.2 Å². The van der Waals surface area contributed by atoms with Gasteiger partial charge in [-0.15, -0.1) is 0 Å². The maximum atomic E-state index is 6.13. The van der Waals surface area contributed by atoms with E-state index in [1.807, 2.05) is 48.5 Å². The predicted molar refractivity (Wildman–Crippen MR) is 93.2 cm³/mol. The lowest BCUT2D eigenvalue weighted by atomic mass is 10.0. The summed E-state index contributed by atoms with van der Waals surface area (Å²) >= 11 is 0. The summed E-state index contributed by atoms with van der Waals surface area (Å²) in [5.41, 5.74) is 0. The van der Waals surface area contributed by atoms with Crippen molar-refractivity contribution < 1.29 is 18.9 Å². The van der Waals surface area contributed by atoms with Gasteiger partial charge in [0.25, 0.3) is 0 Å². The lowest BCUT2D eigenvalue weighted by Gasteiger charge is -2.29. The van der Waals surface area contributed by atoms with Gasteiger partial charge in [-0.1, -0.05) is 6.08 Å². The highest BCUT2D eigenvalue weighted by Gasteiger charge is 2.25. The van der Waals surface area contributed by atoms with Gasteiger partial charge in [-0.25, -0.2) is 0 Å². The molecule has 0 bridgehead atoms. The number of benzene rings is 2. The van der Waals surface area contributed by atoms with Gasteiger partial charge in [-0.2, -0.15) is 0 Å². The first-order chi connectivity index (χ1) is 11.8. The Morgan fingerprint density at radius 1 is 0.708 bits per heavy atom. The van der Waals surface area contributed by atoms with Gasteiger partial charge in [0, 0.05) is 0 Å². The van der Waals surface area contributed by atoms with Crippen molar-refractivity contribution in [2.24, 2.45) is 0 Å². The normalized spacial score (nSPS) is 19.6. The Bertz CT molecular complexity index is 661. The van der Waals surface area contributed by atoms with Crippen LogP contribution in [0.1, 0.15) is 12.8 Å². The van der Waals surface area contributed by atoms with Gasteiger partial charge in [-0.3, -0.25) is 0 Å². The molecule has 0 spiro atoms. The molecule has 4 nitrogen and oxygen atoms in total. The van der Waals surface area contributed by atoms with E-state index in [-0.39, 0.29) is 12.2 Å². The fraction of sp³-hybridized carbons (Fsp3) is 0.300. The molecule has 4 heteroatoms. The molecule has 0 aliphatic heterocycles. The molecule has 0 saturated carbocycles. The third-order valence-corrected chi connectivity index (χ3v) is 3.99. The minimum atomic E-state index is -0.116. The van der Waals surface area contributed by atoms with Crippen LogP contribution in [0.5, 0.6) is 23.0 Å². The third-order valence-electron chi connectivity index (χ3n) is 3.99. The monoisotopic (exact) mass is 326 g/mol. The van der Waals surface area contributed by atoms with E-state index < -0.39 is 0 Å². The maximum absolute atomic E-state index is 6.13. The summed E-state index contributed by atoms with van der Waals surface area (Å²) in [7, 11) is 3.30. The lowest BCUT2D eigenvalue weighted by molar-refractivity contribution is 0.0721. The first-order valence-electron chi connectivity index (χ1n) is 8.06. The van der Waals surface area contributed by atoms with Crippen LogP contribution in [0.3, 0.4) is 0 Å². The molecular formula is C20H22O4. The molecule has 0 heterocycles. The van der Waals surface area contributed by atoms with Gasteiger partial charge in [0.1, 0.15) is 29.1 Å². The van der Waals surface area contributed by atoms with E-state index in [0.29, 0.717) is 0 Å². The highest BCUT2D eigenvalue weighted by Crippen LogP contribution is 2.26.